The van der Waals surface area contributed by atoms with E-state index < -0.39 is 25.0 Å². The van der Waals surface area contributed by atoms with E-state index in [1.807, 2.05) is 0 Å². The zero-order chi connectivity index (χ0) is 15.9. The maximum Gasteiger partial charge on any atom is 0.390 e. The number of amides is 1. The van der Waals surface area contributed by atoms with Crippen LogP contribution < -0.4 is 5.32 Å². The van der Waals surface area contributed by atoms with Gasteiger partial charge in [-0.2, -0.15) is 13.2 Å². The van der Waals surface area contributed by atoms with Gasteiger partial charge in [0.15, 0.2) is 0 Å². The van der Waals surface area contributed by atoms with Gasteiger partial charge in [0.2, 0.25) is 0 Å². The van der Waals surface area contributed by atoms with E-state index in [-0.39, 0.29) is 6.61 Å². The molecule has 1 aromatic carbocycles. The Labute approximate surface area is 121 Å². The van der Waals surface area contributed by atoms with Crippen molar-refractivity contribution < 1.29 is 23.1 Å². The van der Waals surface area contributed by atoms with Gasteiger partial charge in [0.1, 0.15) is 0 Å². The summed E-state index contributed by atoms with van der Waals surface area (Å²) in [5, 5.41) is 10.9. The number of halogens is 3. The summed E-state index contributed by atoms with van der Waals surface area (Å²) in [4.78, 5) is 11.9. The minimum atomic E-state index is -4.29. The molecule has 0 heterocycles. The summed E-state index contributed by atoms with van der Waals surface area (Å²) >= 11 is 0. The van der Waals surface area contributed by atoms with E-state index >= 15 is 0 Å². The third-order valence-electron chi connectivity index (χ3n) is 2.73. The van der Waals surface area contributed by atoms with Crippen LogP contribution in [0.3, 0.4) is 0 Å². The number of hydrogen-bond donors (Lipinski definition) is 2. The molecule has 0 radical (unpaired) electrons. The molecule has 3 nitrogen and oxygen atoms in total. The third kappa shape index (κ3) is 5.88. The summed E-state index contributed by atoms with van der Waals surface area (Å²) < 4.78 is 36.1. The number of rotatable bonds is 4. The third-order valence-corrected chi connectivity index (χ3v) is 2.73. The Kier molecular flexibility index (Phi) is 6.25. The van der Waals surface area contributed by atoms with Crippen LogP contribution in [0, 0.1) is 18.8 Å². The van der Waals surface area contributed by atoms with E-state index in [0.717, 1.165) is 0 Å². The van der Waals surface area contributed by atoms with E-state index in [2.05, 4.69) is 17.2 Å². The van der Waals surface area contributed by atoms with E-state index in [9.17, 15) is 18.0 Å². The Morgan fingerprint density at radius 3 is 2.71 bits per heavy atom. The number of alkyl halides is 3. The van der Waals surface area contributed by atoms with E-state index in [1.54, 1.807) is 19.1 Å². The van der Waals surface area contributed by atoms with Crippen LogP contribution in [0.4, 0.5) is 13.2 Å². The van der Waals surface area contributed by atoms with Gasteiger partial charge in [0, 0.05) is 24.1 Å². The summed E-state index contributed by atoms with van der Waals surface area (Å²) in [5.41, 5.74) is 1.52. The quantitative estimate of drug-likeness (QED) is 0.839. The number of carbonyl (C=O) groups is 1. The summed E-state index contributed by atoms with van der Waals surface area (Å²) in [6, 6.07) is 4.87. The normalized spacial score (nSPS) is 10.7. The van der Waals surface area contributed by atoms with Gasteiger partial charge < -0.3 is 10.4 Å². The second kappa shape index (κ2) is 7.70. The molecule has 0 unspecified atom stereocenters. The van der Waals surface area contributed by atoms with Crippen molar-refractivity contribution in [2.75, 3.05) is 13.2 Å². The van der Waals surface area contributed by atoms with E-state index in [4.69, 9.17) is 5.11 Å². The molecule has 0 aliphatic carbocycles. The van der Waals surface area contributed by atoms with Crippen LogP contribution in [0.1, 0.15) is 34.3 Å². The molecule has 0 aliphatic rings. The number of aliphatic hydroxyl groups excluding tert-OH is 1. The summed E-state index contributed by atoms with van der Waals surface area (Å²) in [7, 11) is 0. The molecule has 0 saturated heterocycles. The first-order chi connectivity index (χ1) is 9.85. The van der Waals surface area contributed by atoms with Crippen molar-refractivity contribution in [3.05, 3.63) is 34.9 Å². The fourth-order valence-corrected chi connectivity index (χ4v) is 1.64. The highest BCUT2D eigenvalue weighted by Gasteiger charge is 2.26. The van der Waals surface area contributed by atoms with Gasteiger partial charge in [0.25, 0.3) is 5.91 Å². The number of benzene rings is 1. The number of nitrogens with one attached hydrogen (secondary N) is 1. The van der Waals surface area contributed by atoms with Crippen molar-refractivity contribution >= 4 is 5.91 Å². The smallest absolute Gasteiger partial charge is 0.390 e. The van der Waals surface area contributed by atoms with Crippen LogP contribution in [0.5, 0.6) is 0 Å². The first-order valence-corrected chi connectivity index (χ1v) is 6.39. The van der Waals surface area contributed by atoms with Crippen molar-refractivity contribution in [2.45, 2.75) is 25.9 Å². The zero-order valence-electron chi connectivity index (χ0n) is 11.5. The predicted molar refractivity (Wildman–Crippen MR) is 72.8 cm³/mol. The van der Waals surface area contributed by atoms with Crippen molar-refractivity contribution in [1.29, 1.82) is 0 Å². The molecule has 0 saturated carbocycles. The monoisotopic (exact) mass is 299 g/mol. The molecule has 1 rings (SSSR count). The highest BCUT2D eigenvalue weighted by molar-refractivity contribution is 5.96. The Hall–Kier alpha value is -2.00. The second-order valence-electron chi connectivity index (χ2n) is 4.37. The Morgan fingerprint density at radius 1 is 1.38 bits per heavy atom. The minimum absolute atomic E-state index is 0.0519. The molecule has 0 fully saturated rings. The van der Waals surface area contributed by atoms with Gasteiger partial charge in [-0.15, -0.1) is 0 Å². The molecular weight excluding hydrogens is 283 g/mol. The summed E-state index contributed by atoms with van der Waals surface area (Å²) in [5.74, 6) is 5.01. The highest BCUT2D eigenvalue weighted by Crippen LogP contribution is 2.18. The van der Waals surface area contributed by atoms with Crippen molar-refractivity contribution in [3.63, 3.8) is 0 Å². The fourth-order valence-electron chi connectivity index (χ4n) is 1.64. The van der Waals surface area contributed by atoms with Gasteiger partial charge in [-0.05, 0) is 24.6 Å². The van der Waals surface area contributed by atoms with Crippen molar-refractivity contribution in [3.8, 4) is 11.8 Å². The van der Waals surface area contributed by atoms with Gasteiger partial charge in [0.05, 0.1) is 13.0 Å². The molecule has 1 amide bonds. The lowest BCUT2D eigenvalue weighted by molar-refractivity contribution is -0.132. The molecule has 2 N–H and O–H groups in total. The Balaban J connectivity index is 2.77. The number of aliphatic hydroxyl groups is 1. The lowest BCUT2D eigenvalue weighted by Gasteiger charge is -2.10. The molecule has 0 aliphatic heterocycles. The first-order valence-electron chi connectivity index (χ1n) is 6.39. The van der Waals surface area contributed by atoms with E-state index in [0.29, 0.717) is 23.1 Å². The number of carbonyl (C=O) groups excluding carboxylic acids is 1. The molecule has 0 bridgehead atoms. The molecule has 6 heteroatoms. The SMILES string of the molecule is Cc1c(C#CCCO)cccc1C(=O)NCCC(F)(F)F. The average Bonchev–Trinajstić information content (AvgIpc) is 2.39. The minimum Gasteiger partial charge on any atom is -0.395 e. The molecule has 21 heavy (non-hydrogen) atoms. The summed E-state index contributed by atoms with van der Waals surface area (Å²) in [6.45, 7) is 1.17. The average molecular weight is 299 g/mol. The fraction of sp³-hybridized carbons (Fsp3) is 0.400. The van der Waals surface area contributed by atoms with Gasteiger partial charge in [-0.1, -0.05) is 17.9 Å². The van der Waals surface area contributed by atoms with Gasteiger partial charge >= 0.3 is 6.18 Å². The Bertz CT molecular complexity index is 556. The molecule has 0 spiro atoms. The van der Waals surface area contributed by atoms with Crippen LogP contribution in [0.15, 0.2) is 18.2 Å². The first kappa shape index (κ1) is 17.1. The number of hydrogen-bond acceptors (Lipinski definition) is 2. The molecule has 114 valence electrons. The molecule has 1 aromatic rings. The second-order valence-corrected chi connectivity index (χ2v) is 4.37. The van der Waals surface area contributed by atoms with Crippen LogP contribution in [-0.4, -0.2) is 30.3 Å². The summed E-state index contributed by atoms with van der Waals surface area (Å²) in [6.07, 6.45) is -5.03. The van der Waals surface area contributed by atoms with Crippen LogP contribution in [-0.2, 0) is 0 Å². The lowest BCUT2D eigenvalue weighted by atomic mass is 10.0. The zero-order valence-corrected chi connectivity index (χ0v) is 11.5. The largest absolute Gasteiger partial charge is 0.395 e. The van der Waals surface area contributed by atoms with Gasteiger partial charge in [-0.3, -0.25) is 4.79 Å². The molecular formula is C15H16F3NO2. The van der Waals surface area contributed by atoms with Gasteiger partial charge in [-0.25, -0.2) is 0 Å². The van der Waals surface area contributed by atoms with Crippen LogP contribution in [0.2, 0.25) is 0 Å². The Morgan fingerprint density at radius 2 is 2.10 bits per heavy atom. The highest BCUT2D eigenvalue weighted by atomic mass is 19.4. The van der Waals surface area contributed by atoms with E-state index in [1.165, 1.54) is 6.07 Å². The standard InChI is InChI=1S/C15H16F3NO2/c1-11-12(5-2-3-10-20)6-4-7-13(11)14(21)19-9-8-15(16,17)18/h4,6-7,20H,3,8-10H2,1H3,(H,19,21). The van der Waals surface area contributed by atoms with Crippen molar-refractivity contribution in [1.82, 2.24) is 5.32 Å². The molecule has 0 aromatic heterocycles. The maximum atomic E-state index is 12.0. The lowest BCUT2D eigenvalue weighted by Crippen LogP contribution is -2.28. The topological polar surface area (TPSA) is 49.3 Å². The maximum absolute atomic E-state index is 12.0. The predicted octanol–water partition coefficient (Wildman–Crippen LogP) is 2.41. The van der Waals surface area contributed by atoms with Crippen LogP contribution in [0.25, 0.3) is 0 Å². The molecule has 0 atom stereocenters. The van der Waals surface area contributed by atoms with Crippen molar-refractivity contribution in [2.24, 2.45) is 0 Å². The van der Waals surface area contributed by atoms with Crippen LogP contribution >= 0.6 is 0 Å².